The van der Waals surface area contributed by atoms with Crippen LogP contribution in [0.4, 0.5) is 0 Å². The van der Waals surface area contributed by atoms with Crippen LogP contribution >= 0.6 is 11.3 Å². The van der Waals surface area contributed by atoms with E-state index in [9.17, 15) is 9.59 Å². The molecular weight excluding hydrogens is 456 g/mol. The maximum atomic E-state index is 13.2. The number of benzene rings is 3. The molecule has 0 bridgehead atoms. The van der Waals surface area contributed by atoms with E-state index < -0.39 is 11.9 Å². The highest BCUT2D eigenvalue weighted by atomic mass is 32.1. The Hall–Kier alpha value is -4.11. The number of rotatable bonds is 5. The molecule has 0 radical (unpaired) electrons. The fourth-order valence-corrected chi connectivity index (χ4v) is 4.57. The summed E-state index contributed by atoms with van der Waals surface area (Å²) < 4.78 is 24.6. The lowest BCUT2D eigenvalue weighted by Gasteiger charge is -2.18. The molecule has 0 fully saturated rings. The van der Waals surface area contributed by atoms with Crippen molar-refractivity contribution in [2.24, 2.45) is 4.99 Å². The lowest BCUT2D eigenvalue weighted by molar-refractivity contribution is -0.141. The van der Waals surface area contributed by atoms with Crippen LogP contribution in [0.5, 0.6) is 23.0 Å². The summed E-state index contributed by atoms with van der Waals surface area (Å²) in [6.07, 6.45) is 0. The summed E-state index contributed by atoms with van der Waals surface area (Å²) >= 11 is 1.27. The lowest BCUT2D eigenvalue weighted by atomic mass is 10.2. The quantitative estimate of drug-likeness (QED) is 0.402. The van der Waals surface area contributed by atoms with Gasteiger partial charge >= 0.3 is 5.97 Å². The third kappa shape index (κ3) is 4.38. The van der Waals surface area contributed by atoms with Gasteiger partial charge in [0.25, 0.3) is 5.91 Å². The van der Waals surface area contributed by atoms with Crippen molar-refractivity contribution in [1.29, 1.82) is 0 Å². The molecule has 0 saturated heterocycles. The zero-order valence-corrected chi connectivity index (χ0v) is 19.0. The lowest BCUT2D eigenvalue weighted by Crippen LogP contribution is -2.22. The average molecular weight is 477 g/mol. The van der Waals surface area contributed by atoms with Gasteiger partial charge < -0.3 is 23.5 Å². The van der Waals surface area contributed by atoms with Gasteiger partial charge in [0, 0.05) is 12.1 Å². The van der Waals surface area contributed by atoms with Crippen LogP contribution in [0.15, 0.2) is 71.7 Å². The van der Waals surface area contributed by atoms with Gasteiger partial charge in [0.05, 0.1) is 22.9 Å². The molecule has 8 nitrogen and oxygen atoms in total. The van der Waals surface area contributed by atoms with E-state index in [0.29, 0.717) is 52.1 Å². The second-order valence-electron chi connectivity index (χ2n) is 7.34. The second-order valence-corrected chi connectivity index (χ2v) is 8.35. The van der Waals surface area contributed by atoms with Crippen molar-refractivity contribution in [1.82, 2.24) is 4.57 Å². The maximum Gasteiger partial charge on any atom is 0.325 e. The van der Waals surface area contributed by atoms with Gasteiger partial charge in [0.15, 0.2) is 16.3 Å². The fourth-order valence-electron chi connectivity index (χ4n) is 3.53. The van der Waals surface area contributed by atoms with Crippen molar-refractivity contribution in [3.05, 3.63) is 77.1 Å². The van der Waals surface area contributed by atoms with Crippen molar-refractivity contribution >= 4 is 33.4 Å². The van der Waals surface area contributed by atoms with E-state index in [1.54, 1.807) is 47.0 Å². The molecule has 2 heterocycles. The summed E-state index contributed by atoms with van der Waals surface area (Å²) in [6.45, 7) is 0.790. The summed E-state index contributed by atoms with van der Waals surface area (Å²) in [7, 11) is 1.31. The first kappa shape index (κ1) is 21.7. The second kappa shape index (κ2) is 9.40. The molecule has 0 atom stereocenters. The first-order chi connectivity index (χ1) is 16.6. The van der Waals surface area contributed by atoms with E-state index in [1.807, 2.05) is 24.3 Å². The number of ether oxygens (including phenoxy) is 4. The molecule has 0 aliphatic carbocycles. The predicted octanol–water partition coefficient (Wildman–Crippen LogP) is 4.18. The Morgan fingerprint density at radius 2 is 1.71 bits per heavy atom. The van der Waals surface area contributed by atoms with Crippen molar-refractivity contribution in [2.75, 3.05) is 20.3 Å². The highest BCUT2D eigenvalue weighted by molar-refractivity contribution is 7.16. The molecule has 0 N–H and O–H groups in total. The van der Waals surface area contributed by atoms with Crippen LogP contribution in [-0.2, 0) is 16.1 Å². The van der Waals surface area contributed by atoms with Gasteiger partial charge in [-0.25, -0.2) is 0 Å². The Bertz CT molecular complexity index is 1440. The van der Waals surface area contributed by atoms with Gasteiger partial charge in [-0.15, -0.1) is 0 Å². The number of hydrogen-bond donors (Lipinski definition) is 0. The van der Waals surface area contributed by atoms with E-state index in [2.05, 4.69) is 4.99 Å². The summed E-state index contributed by atoms with van der Waals surface area (Å²) in [5, 5.41) is 0. The standard InChI is InChI=1S/C25H20N2O6S/c1-30-23(28)15-27-18-13-20-21(32-12-11-31-20)14-22(18)34-25(27)26-24(29)17-9-5-6-10-19(17)33-16-7-3-2-4-8-16/h2-10,13-14H,11-12,15H2,1H3. The van der Waals surface area contributed by atoms with Crippen LogP contribution in [-0.4, -0.2) is 36.8 Å². The Morgan fingerprint density at radius 1 is 1.00 bits per heavy atom. The number of carbonyl (C=O) groups excluding carboxylic acids is 2. The van der Waals surface area contributed by atoms with E-state index >= 15 is 0 Å². The molecule has 34 heavy (non-hydrogen) atoms. The fraction of sp³-hybridized carbons (Fsp3) is 0.160. The SMILES string of the molecule is COC(=O)Cn1c(=NC(=O)c2ccccc2Oc2ccccc2)sc2cc3c(cc21)OCCO3. The van der Waals surface area contributed by atoms with Crippen LogP contribution < -0.4 is 19.0 Å². The molecule has 0 unspecified atom stereocenters. The topological polar surface area (TPSA) is 88.4 Å². The number of hydrogen-bond acceptors (Lipinski definition) is 7. The smallest absolute Gasteiger partial charge is 0.325 e. The first-order valence-corrected chi connectivity index (χ1v) is 11.3. The van der Waals surface area contributed by atoms with Gasteiger partial charge in [0.1, 0.15) is 31.3 Å². The molecule has 9 heteroatoms. The highest BCUT2D eigenvalue weighted by Gasteiger charge is 2.19. The van der Waals surface area contributed by atoms with Crippen LogP contribution in [0.25, 0.3) is 10.2 Å². The van der Waals surface area contributed by atoms with E-state index in [-0.39, 0.29) is 6.54 Å². The Balaban J connectivity index is 1.59. The van der Waals surface area contributed by atoms with Crippen LogP contribution in [0.2, 0.25) is 0 Å². The molecule has 0 saturated carbocycles. The molecule has 0 spiro atoms. The summed E-state index contributed by atoms with van der Waals surface area (Å²) in [4.78, 5) is 30.1. The van der Waals surface area contributed by atoms with Gasteiger partial charge in [0.2, 0.25) is 0 Å². The minimum atomic E-state index is -0.492. The number of thiazole rings is 1. The molecule has 1 aliphatic heterocycles. The normalized spacial score (nSPS) is 13.0. The number of esters is 1. The zero-order chi connectivity index (χ0) is 23.5. The largest absolute Gasteiger partial charge is 0.486 e. The molecule has 5 rings (SSSR count). The van der Waals surface area contributed by atoms with Crippen molar-refractivity contribution in [2.45, 2.75) is 6.54 Å². The van der Waals surface area contributed by atoms with Crippen LogP contribution in [0, 0.1) is 0 Å². The highest BCUT2D eigenvalue weighted by Crippen LogP contribution is 2.35. The van der Waals surface area contributed by atoms with Gasteiger partial charge in [-0.05, 0) is 24.3 Å². The number of amides is 1. The number of para-hydroxylation sites is 2. The molecule has 172 valence electrons. The molecule has 1 aliphatic rings. The number of nitrogens with zero attached hydrogens (tertiary/aromatic N) is 2. The first-order valence-electron chi connectivity index (χ1n) is 10.5. The average Bonchev–Trinajstić information content (AvgIpc) is 3.18. The van der Waals surface area contributed by atoms with Crippen molar-refractivity contribution < 1.29 is 28.5 Å². The predicted molar refractivity (Wildman–Crippen MR) is 126 cm³/mol. The van der Waals surface area contributed by atoms with Gasteiger partial charge in [-0.3, -0.25) is 9.59 Å². The maximum absolute atomic E-state index is 13.2. The van der Waals surface area contributed by atoms with E-state index in [1.165, 1.54) is 18.4 Å². The van der Waals surface area contributed by atoms with Gasteiger partial charge in [-0.1, -0.05) is 41.7 Å². The Morgan fingerprint density at radius 3 is 2.47 bits per heavy atom. The summed E-state index contributed by atoms with van der Waals surface area (Å²) in [6, 6.07) is 19.7. The number of methoxy groups -OCH3 is 1. The summed E-state index contributed by atoms with van der Waals surface area (Å²) in [5.41, 5.74) is 0.999. The number of fused-ring (bicyclic) bond motifs is 2. The van der Waals surface area contributed by atoms with Crippen LogP contribution in [0.1, 0.15) is 10.4 Å². The third-order valence-electron chi connectivity index (χ3n) is 5.15. The zero-order valence-electron chi connectivity index (χ0n) is 18.2. The number of carbonyl (C=O) groups is 2. The molecule has 1 amide bonds. The third-order valence-corrected chi connectivity index (χ3v) is 6.19. The monoisotopic (exact) mass is 476 g/mol. The molecular formula is C25H20N2O6S. The van der Waals surface area contributed by atoms with Crippen molar-refractivity contribution in [3.63, 3.8) is 0 Å². The van der Waals surface area contributed by atoms with E-state index in [4.69, 9.17) is 18.9 Å². The minimum absolute atomic E-state index is 0.107. The number of aromatic nitrogens is 1. The molecule has 1 aromatic heterocycles. The van der Waals surface area contributed by atoms with Gasteiger partial charge in [-0.2, -0.15) is 4.99 Å². The van der Waals surface area contributed by atoms with E-state index in [0.717, 1.165) is 4.70 Å². The van der Waals surface area contributed by atoms with Crippen molar-refractivity contribution in [3.8, 4) is 23.0 Å². The summed E-state index contributed by atoms with van der Waals surface area (Å²) in [5.74, 6) is 1.24. The Kier molecular flexibility index (Phi) is 6.01. The molecule has 4 aromatic rings. The minimum Gasteiger partial charge on any atom is -0.486 e. The Labute approximate surface area is 198 Å². The molecule has 3 aromatic carbocycles. The van der Waals surface area contributed by atoms with Crippen LogP contribution in [0.3, 0.4) is 0 Å².